The second-order valence-electron chi connectivity index (χ2n) is 31.7. The van der Waals surface area contributed by atoms with Gasteiger partial charge < -0.3 is 65.1 Å². The Kier molecular flexibility index (Phi) is 69.5. The third kappa shape index (κ3) is 55.4. The fourth-order valence-corrected chi connectivity index (χ4v) is 15.1. The topological polar surface area (TPSA) is 228 Å². The van der Waals surface area contributed by atoms with Gasteiger partial charge in [0.2, 0.25) is 5.91 Å². The van der Waals surface area contributed by atoms with E-state index in [1.807, 2.05) is 0 Å². The van der Waals surface area contributed by atoms with Crippen molar-refractivity contribution in [3.05, 3.63) is 48.6 Å². The number of carbonyl (C=O) groups is 1. The van der Waals surface area contributed by atoms with E-state index in [1.165, 1.54) is 321 Å². The molecule has 0 aromatic rings. The van der Waals surface area contributed by atoms with Crippen LogP contribution in [-0.4, -0.2) is 140 Å². The number of aliphatic hydroxyl groups excluding tert-OH is 8. The smallest absolute Gasteiger partial charge is 0.220 e. The van der Waals surface area contributed by atoms with Crippen LogP contribution >= 0.6 is 0 Å². The SMILES string of the molecule is CC/C=C\C/C=C\C/C=C\C/C=C\CCCCCCCCCCCCCCCCCCCCCCCCCCCCC(=O)NC(COC1OC(CO)C(OC2OC(CO)C(O)C(O)C2O)C(O)C1O)C(O)CCCCCCCCCCCCCCCCCCCCCCCCCCCCCCCCC. The van der Waals surface area contributed by atoms with Crippen molar-refractivity contribution in [3.8, 4) is 0 Å². The van der Waals surface area contributed by atoms with Crippen LogP contribution in [0.2, 0.25) is 0 Å². The molecule has 2 rings (SSSR count). The van der Waals surface area contributed by atoms with Gasteiger partial charge >= 0.3 is 0 Å². The van der Waals surface area contributed by atoms with Crippen LogP contribution in [0.15, 0.2) is 48.6 Å². The van der Waals surface area contributed by atoms with Crippen molar-refractivity contribution in [2.24, 2.45) is 0 Å². The molecule has 14 nitrogen and oxygen atoms in total. The lowest BCUT2D eigenvalue weighted by molar-refractivity contribution is -0.359. The highest BCUT2D eigenvalue weighted by Crippen LogP contribution is 2.31. The number of hydrogen-bond acceptors (Lipinski definition) is 13. The molecule has 2 fully saturated rings. The molecule has 2 heterocycles. The van der Waals surface area contributed by atoms with Crippen molar-refractivity contribution in [2.75, 3.05) is 19.8 Å². The largest absolute Gasteiger partial charge is 0.394 e. The van der Waals surface area contributed by atoms with E-state index in [1.54, 1.807) is 0 Å². The number of ether oxygens (including phenoxy) is 4. The Morgan fingerprint density at radius 2 is 0.663 bits per heavy atom. The first-order valence-electron chi connectivity index (χ1n) is 44.9. The zero-order chi connectivity index (χ0) is 75.1. The Morgan fingerprint density at radius 1 is 0.356 bits per heavy atom. The fourth-order valence-electron chi connectivity index (χ4n) is 15.1. The average Bonchev–Trinajstić information content (AvgIpc) is 0.791. The molecule has 9 N–H and O–H groups in total. The normalized spacial score (nSPS) is 21.6. The van der Waals surface area contributed by atoms with Crippen LogP contribution in [-0.2, 0) is 23.7 Å². The van der Waals surface area contributed by atoms with Gasteiger partial charge in [0.05, 0.1) is 32.0 Å². The average molecular weight is 1470 g/mol. The first-order valence-corrected chi connectivity index (χ1v) is 44.9. The maximum atomic E-state index is 13.4. The molecule has 104 heavy (non-hydrogen) atoms. The minimum absolute atomic E-state index is 0.196. The van der Waals surface area contributed by atoms with E-state index in [2.05, 4.69) is 67.8 Å². The monoisotopic (exact) mass is 1470 g/mol. The number of nitrogens with one attached hydrogen (secondary N) is 1. The molecular formula is C90H169NO13. The molecule has 612 valence electrons. The maximum Gasteiger partial charge on any atom is 0.220 e. The van der Waals surface area contributed by atoms with Crippen LogP contribution in [0, 0.1) is 0 Å². The van der Waals surface area contributed by atoms with E-state index in [0.717, 1.165) is 77.0 Å². The first-order chi connectivity index (χ1) is 51.1. The lowest BCUT2D eigenvalue weighted by Crippen LogP contribution is -2.65. The number of amides is 1. The van der Waals surface area contributed by atoms with Crippen LogP contribution in [0.25, 0.3) is 0 Å². The van der Waals surface area contributed by atoms with Crippen LogP contribution in [0.1, 0.15) is 425 Å². The van der Waals surface area contributed by atoms with Gasteiger partial charge in [-0.25, -0.2) is 0 Å². The first kappa shape index (κ1) is 98.0. The van der Waals surface area contributed by atoms with Crippen molar-refractivity contribution in [1.29, 1.82) is 0 Å². The number of aliphatic hydroxyl groups is 8. The van der Waals surface area contributed by atoms with Gasteiger partial charge in [-0.05, 0) is 51.4 Å². The summed E-state index contributed by atoms with van der Waals surface area (Å²) in [7, 11) is 0. The number of hydrogen-bond donors (Lipinski definition) is 9. The third-order valence-electron chi connectivity index (χ3n) is 22.1. The molecule has 0 aromatic heterocycles. The van der Waals surface area contributed by atoms with E-state index in [-0.39, 0.29) is 12.5 Å². The number of unbranched alkanes of at least 4 members (excludes halogenated alkanes) is 56. The molecule has 0 aromatic carbocycles. The summed E-state index contributed by atoms with van der Waals surface area (Å²) in [6.07, 6.45) is 83.3. The second-order valence-corrected chi connectivity index (χ2v) is 31.7. The highest BCUT2D eigenvalue weighted by atomic mass is 16.7. The molecule has 0 spiro atoms. The van der Waals surface area contributed by atoms with E-state index >= 15 is 0 Å². The number of rotatable bonds is 77. The van der Waals surface area contributed by atoms with Gasteiger partial charge in [0.25, 0.3) is 0 Å². The van der Waals surface area contributed by atoms with Crippen molar-refractivity contribution >= 4 is 5.91 Å². The van der Waals surface area contributed by atoms with Crippen molar-refractivity contribution < 1.29 is 64.6 Å². The molecule has 0 aliphatic carbocycles. The van der Waals surface area contributed by atoms with Gasteiger partial charge in [0, 0.05) is 6.42 Å². The lowest BCUT2D eigenvalue weighted by Gasteiger charge is -2.46. The molecule has 0 bridgehead atoms. The quantitative estimate of drug-likeness (QED) is 0.0204. The molecule has 1 amide bonds. The maximum absolute atomic E-state index is 13.4. The second kappa shape index (κ2) is 73.7. The van der Waals surface area contributed by atoms with Gasteiger partial charge in [-0.2, -0.15) is 0 Å². The molecule has 12 atom stereocenters. The number of carbonyl (C=O) groups excluding carboxylic acids is 1. The Balaban J connectivity index is 1.54. The molecule has 0 saturated carbocycles. The van der Waals surface area contributed by atoms with Gasteiger partial charge in [0.1, 0.15) is 48.8 Å². The van der Waals surface area contributed by atoms with E-state index < -0.39 is 86.8 Å². The van der Waals surface area contributed by atoms with E-state index in [4.69, 9.17) is 18.9 Å². The molecule has 2 aliphatic rings. The third-order valence-corrected chi connectivity index (χ3v) is 22.1. The van der Waals surface area contributed by atoms with Crippen molar-refractivity contribution in [1.82, 2.24) is 5.32 Å². The highest BCUT2D eigenvalue weighted by Gasteiger charge is 2.51. The summed E-state index contributed by atoms with van der Waals surface area (Å²) in [6, 6.07) is -0.830. The van der Waals surface area contributed by atoms with Gasteiger partial charge in [-0.3, -0.25) is 4.79 Å². The molecule has 2 saturated heterocycles. The predicted octanol–water partition coefficient (Wildman–Crippen LogP) is 21.7. The summed E-state index contributed by atoms with van der Waals surface area (Å²) in [5.74, 6) is -0.196. The summed E-state index contributed by atoms with van der Waals surface area (Å²) in [6.45, 7) is 2.83. The summed E-state index contributed by atoms with van der Waals surface area (Å²) in [4.78, 5) is 13.4. The predicted molar refractivity (Wildman–Crippen MR) is 434 cm³/mol. The van der Waals surface area contributed by atoms with E-state index in [0.29, 0.717) is 12.8 Å². The van der Waals surface area contributed by atoms with Gasteiger partial charge in [-0.1, -0.05) is 416 Å². The minimum atomic E-state index is -1.78. The molecule has 14 heteroatoms. The molecular weight excluding hydrogens is 1300 g/mol. The Bertz CT molecular complexity index is 1930. The highest BCUT2D eigenvalue weighted by molar-refractivity contribution is 5.76. The molecule has 12 unspecified atom stereocenters. The summed E-state index contributed by atoms with van der Waals surface area (Å²) in [5, 5.41) is 88.1. The number of allylic oxidation sites excluding steroid dienone is 8. The van der Waals surface area contributed by atoms with Crippen LogP contribution in [0.4, 0.5) is 0 Å². The van der Waals surface area contributed by atoms with Gasteiger partial charge in [-0.15, -0.1) is 0 Å². The summed E-state index contributed by atoms with van der Waals surface area (Å²) in [5.41, 5.74) is 0. The zero-order valence-electron chi connectivity index (χ0n) is 67.5. The summed E-state index contributed by atoms with van der Waals surface area (Å²) < 4.78 is 23.0. The molecule has 0 radical (unpaired) electrons. The van der Waals surface area contributed by atoms with Gasteiger partial charge in [0.15, 0.2) is 12.6 Å². The lowest BCUT2D eigenvalue weighted by atomic mass is 9.97. The van der Waals surface area contributed by atoms with E-state index in [9.17, 15) is 45.6 Å². The standard InChI is InChI=1S/C90H169NO13/c1-3-5-7-9-11-13-15-17-19-21-23-25-27-29-31-33-35-36-37-38-39-40-41-42-44-46-48-50-52-54-56-58-60-62-64-66-68-70-72-74-82(95)91-78(77-101-89-87(100)85(98)88(81(76-93)103-89)104-90-86(99)84(97)83(96)80(75-92)102-90)79(94)73-71-69-67-65-63-61-59-57-55-53-51-49-47-45-43-34-32-30-28-26-24-22-20-18-16-14-12-10-8-6-4-2/h5,7,11,13,17,19,23,25,78-81,83-90,92-94,96-100H,3-4,6,8-10,12,14-16,18,20-22,24,26-77H2,1-2H3,(H,91,95)/b7-5-,13-11-,19-17-,25-23-. The van der Waals surface area contributed by atoms with Crippen molar-refractivity contribution in [2.45, 2.75) is 498 Å². The van der Waals surface area contributed by atoms with Crippen LogP contribution in [0.3, 0.4) is 0 Å². The van der Waals surface area contributed by atoms with Crippen LogP contribution in [0.5, 0.6) is 0 Å². The fraction of sp³-hybridized carbons (Fsp3) is 0.900. The summed E-state index contributed by atoms with van der Waals surface area (Å²) >= 11 is 0. The van der Waals surface area contributed by atoms with Crippen molar-refractivity contribution in [3.63, 3.8) is 0 Å². The Labute approximate surface area is 639 Å². The minimum Gasteiger partial charge on any atom is -0.394 e. The Hall–Kier alpha value is -2.05. The Morgan fingerprint density at radius 3 is 1.02 bits per heavy atom. The van der Waals surface area contributed by atoms with Crippen LogP contribution < -0.4 is 5.32 Å². The zero-order valence-corrected chi connectivity index (χ0v) is 67.5. The molecule has 2 aliphatic heterocycles.